The zero-order chi connectivity index (χ0) is 9.23. The van der Waals surface area contributed by atoms with Gasteiger partial charge >= 0.3 is 0 Å². The standard InChI is InChI=1S/C9H20O3/c1-4-10-6-7-12-9(3)8-11-5-2/h9H,4-8H2,1-3H3. The van der Waals surface area contributed by atoms with Crippen molar-refractivity contribution in [3.8, 4) is 0 Å². The van der Waals surface area contributed by atoms with Crippen LogP contribution in [0.25, 0.3) is 0 Å². The first-order chi connectivity index (χ1) is 5.81. The zero-order valence-corrected chi connectivity index (χ0v) is 8.34. The van der Waals surface area contributed by atoms with Crippen LogP contribution in [0.4, 0.5) is 0 Å². The van der Waals surface area contributed by atoms with Crippen LogP contribution in [0.1, 0.15) is 20.8 Å². The molecule has 0 aromatic heterocycles. The van der Waals surface area contributed by atoms with Gasteiger partial charge in [-0.25, -0.2) is 0 Å². The van der Waals surface area contributed by atoms with E-state index in [9.17, 15) is 0 Å². The maximum absolute atomic E-state index is 5.40. The lowest BCUT2D eigenvalue weighted by Gasteiger charge is -2.12. The second-order valence-corrected chi connectivity index (χ2v) is 2.54. The monoisotopic (exact) mass is 176 g/mol. The van der Waals surface area contributed by atoms with Gasteiger partial charge < -0.3 is 14.2 Å². The fraction of sp³-hybridized carbons (Fsp3) is 1.00. The normalized spacial score (nSPS) is 13.2. The molecule has 0 amide bonds. The lowest BCUT2D eigenvalue weighted by atomic mass is 10.4. The highest BCUT2D eigenvalue weighted by molar-refractivity contribution is 4.46. The van der Waals surface area contributed by atoms with Crippen LogP contribution in [0.2, 0.25) is 0 Å². The minimum atomic E-state index is 0.172. The van der Waals surface area contributed by atoms with Crippen molar-refractivity contribution in [2.24, 2.45) is 0 Å². The molecule has 3 nitrogen and oxygen atoms in total. The fourth-order valence-electron chi connectivity index (χ4n) is 0.784. The molecule has 0 bridgehead atoms. The Balaban J connectivity index is 3.02. The van der Waals surface area contributed by atoms with Gasteiger partial charge in [0.15, 0.2) is 0 Å². The van der Waals surface area contributed by atoms with E-state index >= 15 is 0 Å². The van der Waals surface area contributed by atoms with Gasteiger partial charge in [-0.15, -0.1) is 0 Å². The van der Waals surface area contributed by atoms with Gasteiger partial charge in [0.05, 0.1) is 25.9 Å². The van der Waals surface area contributed by atoms with E-state index in [0.717, 1.165) is 13.2 Å². The van der Waals surface area contributed by atoms with E-state index in [1.54, 1.807) is 0 Å². The summed E-state index contributed by atoms with van der Waals surface area (Å²) in [5.74, 6) is 0. The Labute approximate surface area is 75.0 Å². The quantitative estimate of drug-likeness (QED) is 0.524. The van der Waals surface area contributed by atoms with Crippen LogP contribution in [-0.4, -0.2) is 39.1 Å². The zero-order valence-electron chi connectivity index (χ0n) is 8.34. The first-order valence-corrected chi connectivity index (χ1v) is 4.58. The second kappa shape index (κ2) is 8.97. The highest BCUT2D eigenvalue weighted by Gasteiger charge is 2.00. The van der Waals surface area contributed by atoms with E-state index in [1.807, 2.05) is 20.8 Å². The molecule has 3 heteroatoms. The van der Waals surface area contributed by atoms with Gasteiger partial charge in [-0.2, -0.15) is 0 Å². The minimum Gasteiger partial charge on any atom is -0.379 e. The molecular formula is C9H20O3. The predicted molar refractivity (Wildman–Crippen MR) is 48.4 cm³/mol. The highest BCUT2D eigenvalue weighted by Crippen LogP contribution is 1.91. The maximum Gasteiger partial charge on any atom is 0.0781 e. The molecule has 0 aromatic rings. The van der Waals surface area contributed by atoms with Gasteiger partial charge in [-0.1, -0.05) is 0 Å². The third-order valence-corrected chi connectivity index (χ3v) is 1.39. The lowest BCUT2D eigenvalue weighted by molar-refractivity contribution is -0.0261. The highest BCUT2D eigenvalue weighted by atomic mass is 16.5. The van der Waals surface area contributed by atoms with Crippen molar-refractivity contribution in [2.75, 3.05) is 33.0 Å². The number of hydrogen-bond donors (Lipinski definition) is 0. The van der Waals surface area contributed by atoms with Crippen molar-refractivity contribution in [3.05, 3.63) is 0 Å². The molecule has 0 rings (SSSR count). The van der Waals surface area contributed by atoms with Gasteiger partial charge in [0.2, 0.25) is 0 Å². The summed E-state index contributed by atoms with van der Waals surface area (Å²) in [4.78, 5) is 0. The first kappa shape index (κ1) is 11.9. The molecule has 0 radical (unpaired) electrons. The topological polar surface area (TPSA) is 27.7 Å². The van der Waals surface area contributed by atoms with Gasteiger partial charge in [-0.3, -0.25) is 0 Å². The second-order valence-electron chi connectivity index (χ2n) is 2.54. The minimum absolute atomic E-state index is 0.172. The van der Waals surface area contributed by atoms with Crippen LogP contribution >= 0.6 is 0 Å². The van der Waals surface area contributed by atoms with Crippen molar-refractivity contribution in [2.45, 2.75) is 26.9 Å². The smallest absolute Gasteiger partial charge is 0.0781 e. The summed E-state index contributed by atoms with van der Waals surface area (Å²) in [5, 5.41) is 0. The molecule has 0 aliphatic heterocycles. The predicted octanol–water partition coefficient (Wildman–Crippen LogP) is 1.46. The first-order valence-electron chi connectivity index (χ1n) is 4.58. The number of hydrogen-bond acceptors (Lipinski definition) is 3. The van der Waals surface area contributed by atoms with Crippen molar-refractivity contribution in [1.29, 1.82) is 0 Å². The molecule has 0 saturated heterocycles. The van der Waals surface area contributed by atoms with E-state index in [-0.39, 0.29) is 6.10 Å². The molecule has 0 aliphatic rings. The van der Waals surface area contributed by atoms with E-state index in [0.29, 0.717) is 19.8 Å². The molecule has 0 spiro atoms. The van der Waals surface area contributed by atoms with Crippen molar-refractivity contribution >= 4 is 0 Å². The SMILES string of the molecule is CCOCCOC(C)COCC. The average Bonchev–Trinajstić information content (AvgIpc) is 2.09. The Morgan fingerprint density at radius 3 is 2.25 bits per heavy atom. The van der Waals surface area contributed by atoms with E-state index in [2.05, 4.69) is 0 Å². The molecule has 0 fully saturated rings. The molecule has 0 aliphatic carbocycles. The van der Waals surface area contributed by atoms with Gasteiger partial charge in [0.1, 0.15) is 0 Å². The summed E-state index contributed by atoms with van der Waals surface area (Å²) >= 11 is 0. The molecule has 0 aromatic carbocycles. The largest absolute Gasteiger partial charge is 0.379 e. The average molecular weight is 176 g/mol. The van der Waals surface area contributed by atoms with Gasteiger partial charge in [0, 0.05) is 13.2 Å². The van der Waals surface area contributed by atoms with E-state index in [1.165, 1.54) is 0 Å². The molecule has 0 heterocycles. The summed E-state index contributed by atoms with van der Waals surface area (Å²) in [5.41, 5.74) is 0. The molecule has 12 heavy (non-hydrogen) atoms. The molecule has 0 saturated carbocycles. The Hall–Kier alpha value is -0.120. The van der Waals surface area contributed by atoms with Crippen molar-refractivity contribution in [3.63, 3.8) is 0 Å². The van der Waals surface area contributed by atoms with Crippen LogP contribution in [0.3, 0.4) is 0 Å². The van der Waals surface area contributed by atoms with Crippen LogP contribution in [0.5, 0.6) is 0 Å². The van der Waals surface area contributed by atoms with Gasteiger partial charge in [0.25, 0.3) is 0 Å². The number of rotatable bonds is 8. The number of ether oxygens (including phenoxy) is 3. The molecular weight excluding hydrogens is 156 g/mol. The third kappa shape index (κ3) is 7.98. The maximum atomic E-state index is 5.40. The van der Waals surface area contributed by atoms with Crippen molar-refractivity contribution < 1.29 is 14.2 Å². The van der Waals surface area contributed by atoms with E-state index in [4.69, 9.17) is 14.2 Å². The Morgan fingerprint density at radius 1 is 1.00 bits per heavy atom. The Bertz CT molecular complexity index is 85.8. The summed E-state index contributed by atoms with van der Waals surface area (Å²) in [6, 6.07) is 0. The lowest BCUT2D eigenvalue weighted by Crippen LogP contribution is -2.18. The van der Waals surface area contributed by atoms with Crippen molar-refractivity contribution in [1.82, 2.24) is 0 Å². The van der Waals surface area contributed by atoms with Crippen LogP contribution in [0.15, 0.2) is 0 Å². The van der Waals surface area contributed by atoms with E-state index < -0.39 is 0 Å². The molecule has 1 unspecified atom stereocenters. The van der Waals surface area contributed by atoms with Crippen LogP contribution < -0.4 is 0 Å². The summed E-state index contributed by atoms with van der Waals surface area (Å²) < 4.78 is 15.7. The summed E-state index contributed by atoms with van der Waals surface area (Å²) in [7, 11) is 0. The molecule has 0 N–H and O–H groups in total. The molecule has 1 atom stereocenters. The fourth-order valence-corrected chi connectivity index (χ4v) is 0.784. The summed E-state index contributed by atoms with van der Waals surface area (Å²) in [6.45, 7) is 9.46. The Morgan fingerprint density at radius 2 is 1.67 bits per heavy atom. The van der Waals surface area contributed by atoms with Crippen LogP contribution in [-0.2, 0) is 14.2 Å². The summed E-state index contributed by atoms with van der Waals surface area (Å²) in [6.07, 6.45) is 0.172. The Kier molecular flexibility index (Phi) is 8.88. The van der Waals surface area contributed by atoms with Crippen LogP contribution in [0, 0.1) is 0 Å². The van der Waals surface area contributed by atoms with Gasteiger partial charge in [-0.05, 0) is 20.8 Å². The third-order valence-electron chi connectivity index (χ3n) is 1.39. The molecule has 74 valence electrons.